The lowest BCUT2D eigenvalue weighted by molar-refractivity contribution is -0.136. The summed E-state index contributed by atoms with van der Waals surface area (Å²) in [6.07, 6.45) is 1.00. The molecule has 0 aliphatic carbocycles. The van der Waals surface area contributed by atoms with Gasteiger partial charge in [0.05, 0.1) is 6.54 Å². The smallest absolute Gasteiger partial charge is 0.317 e. The monoisotopic (exact) mass is 234 g/mol. The molecular formula is C13H18N2O2. The van der Waals surface area contributed by atoms with Crippen LogP contribution in [0.5, 0.6) is 0 Å². The lowest BCUT2D eigenvalue weighted by Gasteiger charge is -2.19. The van der Waals surface area contributed by atoms with Gasteiger partial charge in [0.25, 0.3) is 0 Å². The van der Waals surface area contributed by atoms with Crippen LogP contribution >= 0.6 is 0 Å². The molecule has 1 aliphatic rings. The zero-order valence-electron chi connectivity index (χ0n) is 10.0. The highest BCUT2D eigenvalue weighted by Crippen LogP contribution is 2.21. The van der Waals surface area contributed by atoms with E-state index in [1.165, 1.54) is 11.3 Å². The largest absolute Gasteiger partial charge is 0.480 e. The molecule has 2 N–H and O–H groups in total. The molecule has 1 aromatic carbocycles. The number of hydrogen-bond donors (Lipinski definition) is 2. The molecule has 1 heterocycles. The first kappa shape index (κ1) is 11.9. The Morgan fingerprint density at radius 2 is 2.41 bits per heavy atom. The van der Waals surface area contributed by atoms with Gasteiger partial charge in [0.1, 0.15) is 0 Å². The molecule has 1 atom stereocenters. The topological polar surface area (TPSA) is 52.6 Å². The number of carboxylic acids is 1. The summed E-state index contributed by atoms with van der Waals surface area (Å²) in [5, 5.41) is 11.7. The van der Waals surface area contributed by atoms with E-state index in [0.29, 0.717) is 0 Å². The number of anilines is 1. The van der Waals surface area contributed by atoms with Crippen molar-refractivity contribution < 1.29 is 9.90 Å². The van der Waals surface area contributed by atoms with Crippen LogP contribution in [-0.2, 0) is 4.79 Å². The van der Waals surface area contributed by atoms with Gasteiger partial charge in [0, 0.05) is 24.8 Å². The Labute approximate surface area is 101 Å². The fraction of sp³-hybridized carbons (Fsp3) is 0.462. The Bertz CT molecular complexity index is 406. The molecule has 1 saturated heterocycles. The molecule has 1 aliphatic heterocycles. The number of carbonyl (C=O) groups is 1. The number of carboxylic acid groups (broad SMARTS) is 1. The third-order valence-electron chi connectivity index (χ3n) is 3.10. The average molecular weight is 234 g/mol. The molecule has 1 fully saturated rings. The summed E-state index contributed by atoms with van der Waals surface area (Å²) in [5.74, 6) is -0.793. The summed E-state index contributed by atoms with van der Waals surface area (Å²) in [6, 6.07) is 8.70. The first-order valence-corrected chi connectivity index (χ1v) is 5.92. The molecule has 0 spiro atoms. The first-order valence-electron chi connectivity index (χ1n) is 5.92. The van der Waals surface area contributed by atoms with Crippen LogP contribution in [0.3, 0.4) is 0 Å². The van der Waals surface area contributed by atoms with Crippen molar-refractivity contribution in [3.05, 3.63) is 29.8 Å². The maximum atomic E-state index is 10.5. The molecule has 1 unspecified atom stereocenters. The van der Waals surface area contributed by atoms with E-state index >= 15 is 0 Å². The highest BCUT2D eigenvalue weighted by Gasteiger charge is 2.22. The number of aliphatic carboxylic acids is 1. The fourth-order valence-electron chi connectivity index (χ4n) is 2.22. The van der Waals surface area contributed by atoms with Crippen molar-refractivity contribution >= 4 is 11.7 Å². The molecule has 0 radical (unpaired) electrons. The van der Waals surface area contributed by atoms with E-state index in [1.54, 1.807) is 0 Å². The third-order valence-corrected chi connectivity index (χ3v) is 3.10. The highest BCUT2D eigenvalue weighted by atomic mass is 16.4. The van der Waals surface area contributed by atoms with Crippen molar-refractivity contribution in [2.24, 2.45) is 0 Å². The number of nitrogens with one attached hydrogen (secondary N) is 1. The Hall–Kier alpha value is -1.55. The lowest BCUT2D eigenvalue weighted by atomic mass is 10.2. The predicted molar refractivity (Wildman–Crippen MR) is 67.4 cm³/mol. The second kappa shape index (κ2) is 5.19. The van der Waals surface area contributed by atoms with Gasteiger partial charge >= 0.3 is 5.97 Å². The molecule has 0 saturated carbocycles. The average Bonchev–Trinajstić information content (AvgIpc) is 2.75. The highest BCUT2D eigenvalue weighted by molar-refractivity contribution is 5.69. The molecule has 1 aromatic rings. The van der Waals surface area contributed by atoms with E-state index in [2.05, 4.69) is 41.4 Å². The van der Waals surface area contributed by atoms with Crippen molar-refractivity contribution in [1.82, 2.24) is 5.32 Å². The number of nitrogens with zero attached hydrogens (tertiary/aromatic N) is 1. The van der Waals surface area contributed by atoms with E-state index in [1.807, 2.05) is 0 Å². The second-order valence-corrected chi connectivity index (χ2v) is 4.55. The van der Waals surface area contributed by atoms with Crippen LogP contribution < -0.4 is 10.2 Å². The summed E-state index contributed by atoms with van der Waals surface area (Å²) in [6.45, 7) is 4.00. The molecule has 17 heavy (non-hydrogen) atoms. The fourth-order valence-corrected chi connectivity index (χ4v) is 2.22. The Balaban J connectivity index is 1.91. The molecular weight excluding hydrogens is 216 g/mol. The van der Waals surface area contributed by atoms with Gasteiger partial charge in [-0.2, -0.15) is 0 Å². The lowest BCUT2D eigenvalue weighted by Crippen LogP contribution is -2.35. The molecule has 92 valence electrons. The molecule has 4 heteroatoms. The normalized spacial score (nSPS) is 19.6. The molecule has 0 amide bonds. The number of rotatable bonds is 4. The molecule has 0 bridgehead atoms. The third kappa shape index (κ3) is 3.20. The summed E-state index contributed by atoms with van der Waals surface area (Å²) in [5.41, 5.74) is 2.48. The summed E-state index contributed by atoms with van der Waals surface area (Å²) < 4.78 is 0. The number of aryl methyl sites for hydroxylation is 1. The second-order valence-electron chi connectivity index (χ2n) is 4.55. The van der Waals surface area contributed by atoms with Crippen LogP contribution in [0, 0.1) is 6.92 Å². The summed E-state index contributed by atoms with van der Waals surface area (Å²) in [7, 11) is 0. The summed E-state index contributed by atoms with van der Waals surface area (Å²) >= 11 is 0. The van der Waals surface area contributed by atoms with Crippen molar-refractivity contribution in [3.8, 4) is 0 Å². The van der Waals surface area contributed by atoms with Gasteiger partial charge in [-0.05, 0) is 31.0 Å². The SMILES string of the molecule is Cc1cccc(N2CCC(NCC(=O)O)C2)c1. The molecule has 4 nitrogen and oxygen atoms in total. The maximum Gasteiger partial charge on any atom is 0.317 e. The van der Waals surface area contributed by atoms with Crippen molar-refractivity contribution in [2.75, 3.05) is 24.5 Å². The minimum absolute atomic E-state index is 0.0479. The minimum atomic E-state index is -0.793. The van der Waals surface area contributed by atoms with Crippen molar-refractivity contribution in [1.29, 1.82) is 0 Å². The minimum Gasteiger partial charge on any atom is -0.480 e. The van der Waals surface area contributed by atoms with Crippen LogP contribution in [0.15, 0.2) is 24.3 Å². The Morgan fingerprint density at radius 3 is 3.12 bits per heavy atom. The number of hydrogen-bond acceptors (Lipinski definition) is 3. The van der Waals surface area contributed by atoms with E-state index < -0.39 is 5.97 Å². The van der Waals surface area contributed by atoms with E-state index in [9.17, 15) is 4.79 Å². The van der Waals surface area contributed by atoms with Gasteiger partial charge in [-0.3, -0.25) is 4.79 Å². The van der Waals surface area contributed by atoms with Gasteiger partial charge in [-0.15, -0.1) is 0 Å². The van der Waals surface area contributed by atoms with Crippen LogP contribution in [0.1, 0.15) is 12.0 Å². The van der Waals surface area contributed by atoms with Gasteiger partial charge in [0.2, 0.25) is 0 Å². The standard InChI is InChI=1S/C13H18N2O2/c1-10-3-2-4-12(7-10)15-6-5-11(9-15)14-8-13(16)17/h2-4,7,11,14H,5-6,8-9H2,1H3,(H,16,17). The van der Waals surface area contributed by atoms with E-state index in [4.69, 9.17) is 5.11 Å². The molecule has 0 aromatic heterocycles. The van der Waals surface area contributed by atoms with Gasteiger partial charge in [-0.1, -0.05) is 12.1 Å². The van der Waals surface area contributed by atoms with Crippen molar-refractivity contribution in [2.45, 2.75) is 19.4 Å². The van der Waals surface area contributed by atoms with Crippen LogP contribution in [0.25, 0.3) is 0 Å². The zero-order valence-corrected chi connectivity index (χ0v) is 10.0. The zero-order chi connectivity index (χ0) is 12.3. The summed E-state index contributed by atoms with van der Waals surface area (Å²) in [4.78, 5) is 12.8. The van der Waals surface area contributed by atoms with E-state index in [-0.39, 0.29) is 12.6 Å². The quantitative estimate of drug-likeness (QED) is 0.823. The van der Waals surface area contributed by atoms with Gasteiger partial charge in [-0.25, -0.2) is 0 Å². The van der Waals surface area contributed by atoms with E-state index in [0.717, 1.165) is 19.5 Å². The van der Waals surface area contributed by atoms with Crippen LogP contribution in [-0.4, -0.2) is 36.8 Å². The first-order chi connectivity index (χ1) is 8.15. The van der Waals surface area contributed by atoms with Crippen molar-refractivity contribution in [3.63, 3.8) is 0 Å². The predicted octanol–water partition coefficient (Wildman–Crippen LogP) is 1.25. The van der Waals surface area contributed by atoms with Crippen LogP contribution in [0.4, 0.5) is 5.69 Å². The Morgan fingerprint density at radius 1 is 1.59 bits per heavy atom. The number of benzene rings is 1. The van der Waals surface area contributed by atoms with Gasteiger partial charge < -0.3 is 15.3 Å². The Kier molecular flexibility index (Phi) is 3.64. The van der Waals surface area contributed by atoms with Gasteiger partial charge in [0.15, 0.2) is 0 Å². The molecule has 2 rings (SSSR count). The van der Waals surface area contributed by atoms with Crippen LogP contribution in [0.2, 0.25) is 0 Å². The maximum absolute atomic E-state index is 10.5.